The van der Waals surface area contributed by atoms with Crippen LogP contribution in [-0.2, 0) is 16.1 Å². The van der Waals surface area contributed by atoms with Gasteiger partial charge in [0.2, 0.25) is 6.54 Å². The predicted octanol–water partition coefficient (Wildman–Crippen LogP) is 8.15. The molecule has 0 spiro atoms. The maximum Gasteiger partial charge on any atom is 0.372 e. The zero-order valence-electron chi connectivity index (χ0n) is 28.6. The van der Waals surface area contributed by atoms with Gasteiger partial charge in [-0.1, -0.05) is 46.8 Å². The van der Waals surface area contributed by atoms with Gasteiger partial charge in [0, 0.05) is 31.1 Å². The number of hydrogen-bond donors (Lipinski definition) is 1. The molecule has 4 nitrogen and oxygen atoms in total. The summed E-state index contributed by atoms with van der Waals surface area (Å²) in [5.74, 6) is 2.95. The number of carbonyl (C=O) groups is 1. The van der Waals surface area contributed by atoms with Crippen molar-refractivity contribution in [3.8, 4) is 0 Å². The lowest BCUT2D eigenvalue weighted by molar-refractivity contribution is -0.692. The number of fused-ring (bicyclic) bond motifs is 7. The standard InChI is InChI=1S/C39H60NO3/c1-25(2)28-12-18-39(24-41)20-19-37(8)29(34(28)39)10-11-31-36(7)16-14-32(35(5,6)30(36)13-17-38(31,37)9)43-33(42)23-40-21-15-26(3)22-27(40)4/h15,21-22,28-32,34,41H,1,10-14,16-20,23-24H2,2-9H3/q+1/t28-,29?,30?,31?,32-,34?,36-,37+,38+,39+/m0/s1. The molecule has 1 heterocycles. The highest BCUT2D eigenvalue weighted by atomic mass is 16.5. The zero-order chi connectivity index (χ0) is 31.2. The molecule has 6 rings (SSSR count). The number of esters is 1. The summed E-state index contributed by atoms with van der Waals surface area (Å²) in [5, 5.41) is 10.8. The summed E-state index contributed by atoms with van der Waals surface area (Å²) in [4.78, 5) is 13.3. The van der Waals surface area contributed by atoms with Crippen LogP contribution >= 0.6 is 0 Å². The van der Waals surface area contributed by atoms with Crippen LogP contribution in [0.15, 0.2) is 30.5 Å². The van der Waals surface area contributed by atoms with Crippen LogP contribution in [-0.4, -0.2) is 23.8 Å². The molecule has 5 aliphatic carbocycles. The fourth-order valence-corrected chi connectivity index (χ4v) is 13.0. The topological polar surface area (TPSA) is 50.4 Å². The number of hydrogen-bond acceptors (Lipinski definition) is 3. The summed E-state index contributed by atoms with van der Waals surface area (Å²) < 4.78 is 8.38. The summed E-state index contributed by atoms with van der Waals surface area (Å²) >= 11 is 0. The van der Waals surface area contributed by atoms with Gasteiger partial charge in [-0.25, -0.2) is 4.79 Å². The van der Waals surface area contributed by atoms with Crippen molar-refractivity contribution in [1.82, 2.24) is 0 Å². The first-order chi connectivity index (χ1) is 20.1. The average molecular weight is 591 g/mol. The van der Waals surface area contributed by atoms with Crippen molar-refractivity contribution < 1.29 is 19.2 Å². The predicted molar refractivity (Wildman–Crippen MR) is 172 cm³/mol. The van der Waals surface area contributed by atoms with Crippen LogP contribution in [0.4, 0.5) is 0 Å². The monoisotopic (exact) mass is 590 g/mol. The number of nitrogens with zero attached hydrogens (tertiary/aromatic N) is 1. The number of allylic oxidation sites excluding steroid dienone is 1. The van der Waals surface area contributed by atoms with E-state index in [-0.39, 0.29) is 34.9 Å². The van der Waals surface area contributed by atoms with E-state index in [1.807, 2.05) is 10.8 Å². The third-order valence-electron chi connectivity index (χ3n) is 15.5. The minimum absolute atomic E-state index is 0.0321. The molecule has 4 heteroatoms. The molecule has 5 fully saturated rings. The van der Waals surface area contributed by atoms with Gasteiger partial charge in [-0.15, -0.1) is 0 Å². The van der Waals surface area contributed by atoms with Gasteiger partial charge in [-0.3, -0.25) is 0 Å². The molecule has 0 aromatic carbocycles. The lowest BCUT2D eigenvalue weighted by atomic mass is 9.32. The number of aromatic nitrogens is 1. The zero-order valence-corrected chi connectivity index (χ0v) is 28.6. The molecule has 5 aliphatic rings. The molecule has 1 N–H and O–H groups in total. The third-order valence-corrected chi connectivity index (χ3v) is 15.5. The van der Waals surface area contributed by atoms with Crippen LogP contribution in [0.3, 0.4) is 0 Å². The third kappa shape index (κ3) is 4.45. The Kier molecular flexibility index (Phi) is 7.59. The molecule has 238 valence electrons. The largest absolute Gasteiger partial charge is 0.457 e. The van der Waals surface area contributed by atoms with Gasteiger partial charge in [-0.05, 0) is 135 Å². The lowest BCUT2D eigenvalue weighted by Gasteiger charge is -2.73. The van der Waals surface area contributed by atoms with Gasteiger partial charge in [-0.2, -0.15) is 4.57 Å². The van der Waals surface area contributed by atoms with Gasteiger partial charge in [0.1, 0.15) is 6.10 Å². The fraction of sp³-hybridized carbons (Fsp3) is 0.795. The molecule has 5 saturated carbocycles. The Balaban J connectivity index is 1.24. The minimum atomic E-state index is -0.106. The van der Waals surface area contributed by atoms with Gasteiger partial charge >= 0.3 is 5.97 Å². The van der Waals surface area contributed by atoms with Crippen molar-refractivity contribution in [2.75, 3.05) is 6.61 Å². The van der Waals surface area contributed by atoms with E-state index in [9.17, 15) is 9.90 Å². The summed E-state index contributed by atoms with van der Waals surface area (Å²) in [6.45, 7) is 24.3. The molecule has 43 heavy (non-hydrogen) atoms. The van der Waals surface area contributed by atoms with Crippen molar-refractivity contribution in [3.63, 3.8) is 0 Å². The second-order valence-corrected chi connectivity index (χ2v) is 17.5. The normalized spacial score (nSPS) is 44.9. The first-order valence-electron chi connectivity index (χ1n) is 17.6. The molecule has 0 saturated heterocycles. The van der Waals surface area contributed by atoms with E-state index >= 15 is 0 Å². The highest BCUT2D eigenvalue weighted by molar-refractivity contribution is 5.68. The number of rotatable bonds is 5. The van der Waals surface area contributed by atoms with E-state index in [1.165, 1.54) is 62.5 Å². The number of aryl methyl sites for hydroxylation is 2. The van der Waals surface area contributed by atoms with Crippen LogP contribution in [0.25, 0.3) is 0 Å². The van der Waals surface area contributed by atoms with Crippen molar-refractivity contribution in [2.45, 2.75) is 132 Å². The Morgan fingerprint density at radius 3 is 2.37 bits per heavy atom. The second-order valence-electron chi connectivity index (χ2n) is 17.5. The highest BCUT2D eigenvalue weighted by Gasteiger charge is 2.71. The van der Waals surface area contributed by atoms with Crippen molar-refractivity contribution in [2.24, 2.45) is 56.7 Å². The van der Waals surface area contributed by atoms with Crippen molar-refractivity contribution in [1.29, 1.82) is 0 Å². The number of pyridine rings is 1. The Morgan fingerprint density at radius 2 is 1.70 bits per heavy atom. The van der Waals surface area contributed by atoms with Gasteiger partial charge in [0.05, 0.1) is 0 Å². The smallest absolute Gasteiger partial charge is 0.372 e. The van der Waals surface area contributed by atoms with E-state index < -0.39 is 0 Å². The average Bonchev–Trinajstić information content (AvgIpc) is 3.33. The maximum atomic E-state index is 13.3. The van der Waals surface area contributed by atoms with Crippen LogP contribution in [0, 0.1) is 70.5 Å². The second kappa shape index (κ2) is 10.4. The highest BCUT2D eigenvalue weighted by Crippen LogP contribution is 2.77. The lowest BCUT2D eigenvalue weighted by Crippen LogP contribution is -2.67. The summed E-state index contributed by atoms with van der Waals surface area (Å²) in [7, 11) is 0. The van der Waals surface area contributed by atoms with E-state index in [2.05, 4.69) is 74.1 Å². The van der Waals surface area contributed by atoms with Crippen LogP contribution < -0.4 is 4.57 Å². The molecule has 0 aliphatic heterocycles. The molecule has 1 aromatic heterocycles. The van der Waals surface area contributed by atoms with E-state index in [0.29, 0.717) is 47.0 Å². The summed E-state index contributed by atoms with van der Waals surface area (Å²) in [6, 6.07) is 4.19. The molecular formula is C39H60NO3+. The number of aliphatic hydroxyl groups is 1. The van der Waals surface area contributed by atoms with Gasteiger partial charge in [0.15, 0.2) is 11.9 Å². The molecular weight excluding hydrogens is 530 g/mol. The Bertz CT molecular complexity index is 1290. The molecule has 0 bridgehead atoms. The van der Waals surface area contributed by atoms with Crippen LogP contribution in [0.5, 0.6) is 0 Å². The first-order valence-corrected chi connectivity index (χ1v) is 17.6. The van der Waals surface area contributed by atoms with E-state index in [1.54, 1.807) is 0 Å². The molecule has 10 atom stereocenters. The van der Waals surface area contributed by atoms with E-state index in [4.69, 9.17) is 4.74 Å². The number of ether oxygens (including phenoxy) is 1. The molecule has 0 amide bonds. The van der Waals surface area contributed by atoms with Crippen molar-refractivity contribution >= 4 is 5.97 Å². The Hall–Kier alpha value is -1.68. The van der Waals surface area contributed by atoms with Gasteiger partial charge in [0.25, 0.3) is 0 Å². The quantitative estimate of drug-likeness (QED) is 0.214. The summed E-state index contributed by atoms with van der Waals surface area (Å²) in [5.41, 5.74) is 4.55. The maximum absolute atomic E-state index is 13.3. The molecule has 4 unspecified atom stereocenters. The van der Waals surface area contributed by atoms with E-state index in [0.717, 1.165) is 18.5 Å². The number of aliphatic hydroxyl groups excluding tert-OH is 1. The summed E-state index contributed by atoms with van der Waals surface area (Å²) in [6.07, 6.45) is 14.0. The fourth-order valence-electron chi connectivity index (χ4n) is 13.0. The SMILES string of the molecule is C=C(C)[C@@H]1CC[C@]2(CO)CC[C@]3(C)C(CCC4[C@@]5(C)CC[C@H](OC(=O)C[n+]6ccc(C)cc6C)C(C)(C)C5CC[C@]43C)C12. The van der Waals surface area contributed by atoms with Crippen molar-refractivity contribution in [3.05, 3.63) is 41.7 Å². The number of carbonyl (C=O) groups excluding carboxylic acids is 1. The molecule has 1 aromatic rings. The Morgan fingerprint density at radius 1 is 0.953 bits per heavy atom. The van der Waals surface area contributed by atoms with Crippen LogP contribution in [0.2, 0.25) is 0 Å². The minimum Gasteiger partial charge on any atom is -0.457 e. The first kappa shape index (κ1) is 31.3. The van der Waals surface area contributed by atoms with Gasteiger partial charge < -0.3 is 9.84 Å². The van der Waals surface area contributed by atoms with Crippen LogP contribution in [0.1, 0.15) is 117 Å². The Labute approximate surface area is 262 Å². The molecule has 0 radical (unpaired) electrons.